The highest BCUT2D eigenvalue weighted by atomic mass is 79.9. The zero-order chi connectivity index (χ0) is 9.46. The second-order valence-corrected chi connectivity index (χ2v) is 4.29. The monoisotopic (exact) mass is 292 g/mol. The first kappa shape index (κ1) is 9.86. The van der Waals surface area contributed by atoms with E-state index in [4.69, 9.17) is 11.5 Å². The second-order valence-electron chi connectivity index (χ2n) is 2.71. The molecule has 0 spiro atoms. The molecule has 1 aromatic rings. The van der Waals surface area contributed by atoms with Gasteiger partial charge in [-0.05, 0) is 56.8 Å². The summed E-state index contributed by atoms with van der Waals surface area (Å²) >= 11 is 6.81. The predicted molar refractivity (Wildman–Crippen MR) is 60.1 cm³/mol. The smallest absolute Gasteiger partial charge is 0.0512 e. The largest absolute Gasteiger partial charge is 0.398 e. The second kappa shape index (κ2) is 3.26. The summed E-state index contributed by atoms with van der Waals surface area (Å²) in [7, 11) is 0. The van der Waals surface area contributed by atoms with Crippen molar-refractivity contribution in [3.8, 4) is 0 Å². The standard InChI is InChI=1S/C8H10Br2N2/c1-3-5(9)7(11)4(2)8(12)6(3)10/h11-12H2,1-2H3. The maximum atomic E-state index is 5.80. The lowest BCUT2D eigenvalue weighted by atomic mass is 10.1. The number of halogens is 2. The van der Waals surface area contributed by atoms with Gasteiger partial charge in [-0.25, -0.2) is 0 Å². The summed E-state index contributed by atoms with van der Waals surface area (Å²) in [5.41, 5.74) is 15.0. The van der Waals surface area contributed by atoms with E-state index in [1.54, 1.807) is 0 Å². The van der Waals surface area contributed by atoms with Crippen molar-refractivity contribution in [3.05, 3.63) is 20.1 Å². The molecule has 0 amide bonds. The van der Waals surface area contributed by atoms with Crippen LogP contribution in [0.3, 0.4) is 0 Å². The van der Waals surface area contributed by atoms with Gasteiger partial charge in [0, 0.05) is 8.95 Å². The molecule has 0 saturated carbocycles. The Bertz CT molecular complexity index is 229. The van der Waals surface area contributed by atoms with Crippen LogP contribution in [0.5, 0.6) is 0 Å². The van der Waals surface area contributed by atoms with Crippen LogP contribution in [-0.4, -0.2) is 0 Å². The van der Waals surface area contributed by atoms with Crippen LogP contribution in [0.4, 0.5) is 11.4 Å². The van der Waals surface area contributed by atoms with E-state index in [9.17, 15) is 0 Å². The number of benzene rings is 1. The van der Waals surface area contributed by atoms with Crippen molar-refractivity contribution in [2.45, 2.75) is 13.8 Å². The van der Waals surface area contributed by atoms with Crippen molar-refractivity contribution in [2.75, 3.05) is 11.5 Å². The molecule has 4 N–H and O–H groups in total. The molecule has 2 nitrogen and oxygen atoms in total. The van der Waals surface area contributed by atoms with Crippen LogP contribution >= 0.6 is 31.9 Å². The minimum Gasteiger partial charge on any atom is -0.398 e. The third kappa shape index (κ3) is 1.33. The molecule has 0 aliphatic carbocycles. The fraction of sp³-hybridized carbons (Fsp3) is 0.250. The van der Waals surface area contributed by atoms with E-state index in [1.165, 1.54) is 0 Å². The molecule has 1 aromatic carbocycles. The maximum Gasteiger partial charge on any atom is 0.0512 e. The number of nitrogen functional groups attached to an aromatic ring is 2. The van der Waals surface area contributed by atoms with Crippen molar-refractivity contribution >= 4 is 43.2 Å². The van der Waals surface area contributed by atoms with Crippen LogP contribution in [0.1, 0.15) is 11.1 Å². The van der Waals surface area contributed by atoms with Crippen molar-refractivity contribution in [2.24, 2.45) is 0 Å². The molecule has 0 unspecified atom stereocenters. The van der Waals surface area contributed by atoms with Crippen molar-refractivity contribution < 1.29 is 0 Å². The van der Waals surface area contributed by atoms with E-state index in [0.29, 0.717) is 11.4 Å². The highest BCUT2D eigenvalue weighted by molar-refractivity contribution is 9.11. The molecular formula is C8H10Br2N2. The zero-order valence-electron chi connectivity index (χ0n) is 6.91. The first-order chi connectivity index (χ1) is 5.46. The molecule has 0 aliphatic rings. The van der Waals surface area contributed by atoms with E-state index in [-0.39, 0.29) is 0 Å². The summed E-state index contributed by atoms with van der Waals surface area (Å²) < 4.78 is 1.84. The molecule has 0 aliphatic heterocycles. The van der Waals surface area contributed by atoms with E-state index in [1.807, 2.05) is 13.8 Å². The Balaban J connectivity index is 3.60. The lowest BCUT2D eigenvalue weighted by Crippen LogP contribution is -2.00. The Morgan fingerprint density at radius 1 is 0.833 bits per heavy atom. The van der Waals surface area contributed by atoms with Crippen LogP contribution in [0, 0.1) is 13.8 Å². The fourth-order valence-electron chi connectivity index (χ4n) is 0.975. The van der Waals surface area contributed by atoms with Gasteiger partial charge in [-0.3, -0.25) is 0 Å². The van der Waals surface area contributed by atoms with E-state index < -0.39 is 0 Å². The topological polar surface area (TPSA) is 52.0 Å². The molecule has 0 radical (unpaired) electrons. The quantitative estimate of drug-likeness (QED) is 0.723. The Morgan fingerprint density at radius 2 is 1.17 bits per heavy atom. The maximum absolute atomic E-state index is 5.80. The minimum absolute atomic E-state index is 0.716. The predicted octanol–water partition coefficient (Wildman–Crippen LogP) is 2.99. The number of hydrogen-bond donors (Lipinski definition) is 2. The summed E-state index contributed by atoms with van der Waals surface area (Å²) in [6.07, 6.45) is 0. The van der Waals surface area contributed by atoms with Crippen molar-refractivity contribution in [1.29, 1.82) is 0 Å². The Labute approximate surface area is 88.6 Å². The molecule has 0 bridgehead atoms. The van der Waals surface area contributed by atoms with Gasteiger partial charge in [-0.15, -0.1) is 0 Å². The number of rotatable bonds is 0. The van der Waals surface area contributed by atoms with Crippen LogP contribution in [-0.2, 0) is 0 Å². The normalized spacial score (nSPS) is 10.3. The fourth-order valence-corrected chi connectivity index (χ4v) is 2.23. The van der Waals surface area contributed by atoms with Gasteiger partial charge in [0.2, 0.25) is 0 Å². The molecule has 12 heavy (non-hydrogen) atoms. The average molecular weight is 294 g/mol. The first-order valence-electron chi connectivity index (χ1n) is 3.46. The lowest BCUT2D eigenvalue weighted by Gasteiger charge is -2.12. The van der Waals surface area contributed by atoms with Gasteiger partial charge < -0.3 is 11.5 Å². The SMILES string of the molecule is Cc1c(N)c(Br)c(C)c(Br)c1N. The van der Waals surface area contributed by atoms with Gasteiger partial charge in [-0.1, -0.05) is 0 Å². The van der Waals surface area contributed by atoms with Gasteiger partial charge in [0.25, 0.3) is 0 Å². The van der Waals surface area contributed by atoms with Crippen LogP contribution in [0.2, 0.25) is 0 Å². The van der Waals surface area contributed by atoms with Gasteiger partial charge in [-0.2, -0.15) is 0 Å². The van der Waals surface area contributed by atoms with Gasteiger partial charge in [0.15, 0.2) is 0 Å². The summed E-state index contributed by atoms with van der Waals surface area (Å²) in [6, 6.07) is 0. The van der Waals surface area contributed by atoms with Crippen molar-refractivity contribution in [1.82, 2.24) is 0 Å². The summed E-state index contributed by atoms with van der Waals surface area (Å²) in [5, 5.41) is 0. The molecule has 4 heteroatoms. The molecule has 0 saturated heterocycles. The van der Waals surface area contributed by atoms with Crippen molar-refractivity contribution in [3.63, 3.8) is 0 Å². The molecule has 0 heterocycles. The molecule has 1 rings (SSSR count). The summed E-state index contributed by atoms with van der Waals surface area (Å²) in [4.78, 5) is 0. The van der Waals surface area contributed by atoms with E-state index >= 15 is 0 Å². The molecule has 0 fully saturated rings. The van der Waals surface area contributed by atoms with Gasteiger partial charge >= 0.3 is 0 Å². The molecular weight excluding hydrogens is 284 g/mol. The number of anilines is 2. The highest BCUT2D eigenvalue weighted by Gasteiger charge is 2.11. The average Bonchev–Trinajstić information content (AvgIpc) is 2.08. The first-order valence-corrected chi connectivity index (χ1v) is 5.04. The van der Waals surface area contributed by atoms with Crippen LogP contribution in [0.25, 0.3) is 0 Å². The minimum atomic E-state index is 0.716. The zero-order valence-corrected chi connectivity index (χ0v) is 10.1. The van der Waals surface area contributed by atoms with E-state index in [2.05, 4.69) is 31.9 Å². The Morgan fingerprint density at radius 3 is 1.50 bits per heavy atom. The lowest BCUT2D eigenvalue weighted by molar-refractivity contribution is 1.34. The van der Waals surface area contributed by atoms with Crippen LogP contribution < -0.4 is 11.5 Å². The molecule has 66 valence electrons. The summed E-state index contributed by atoms with van der Waals surface area (Å²) in [5.74, 6) is 0. The third-order valence-electron chi connectivity index (χ3n) is 1.94. The highest BCUT2D eigenvalue weighted by Crippen LogP contribution is 2.37. The number of nitrogens with two attached hydrogens (primary N) is 2. The van der Waals surface area contributed by atoms with Crippen LogP contribution in [0.15, 0.2) is 8.95 Å². The Kier molecular flexibility index (Phi) is 2.68. The Hall–Kier alpha value is -0.220. The molecule has 0 atom stereocenters. The van der Waals surface area contributed by atoms with E-state index in [0.717, 1.165) is 20.1 Å². The van der Waals surface area contributed by atoms with Gasteiger partial charge in [0.1, 0.15) is 0 Å². The summed E-state index contributed by atoms with van der Waals surface area (Å²) in [6.45, 7) is 3.86. The number of hydrogen-bond acceptors (Lipinski definition) is 2. The molecule has 0 aromatic heterocycles. The van der Waals surface area contributed by atoms with Gasteiger partial charge in [0.05, 0.1) is 11.4 Å². The third-order valence-corrected chi connectivity index (χ3v) is 3.98.